The zero-order valence-corrected chi connectivity index (χ0v) is 17.8. The van der Waals surface area contributed by atoms with Crippen molar-refractivity contribution < 1.29 is 14.6 Å². The summed E-state index contributed by atoms with van der Waals surface area (Å²) in [7, 11) is 0. The predicted octanol–water partition coefficient (Wildman–Crippen LogP) is 5.39. The number of para-hydroxylation sites is 1. The summed E-state index contributed by atoms with van der Waals surface area (Å²) in [4.78, 5) is 13.3. The van der Waals surface area contributed by atoms with E-state index >= 15 is 0 Å². The fourth-order valence-electron chi connectivity index (χ4n) is 3.21. The van der Waals surface area contributed by atoms with Crippen LogP contribution in [0.3, 0.4) is 0 Å². The number of hydrogen-bond donors (Lipinski definition) is 1. The summed E-state index contributed by atoms with van der Waals surface area (Å²) in [6.07, 6.45) is 1.77. The molecule has 1 amide bonds. The van der Waals surface area contributed by atoms with Crippen molar-refractivity contribution in [1.82, 2.24) is 0 Å². The number of benzene rings is 3. The van der Waals surface area contributed by atoms with Crippen molar-refractivity contribution in [1.29, 1.82) is 0 Å². The van der Waals surface area contributed by atoms with Crippen LogP contribution in [0.15, 0.2) is 87.9 Å². The topological polar surface area (TPSA) is 62.1 Å². The van der Waals surface area contributed by atoms with E-state index in [0.717, 1.165) is 5.56 Å². The lowest BCUT2D eigenvalue weighted by molar-refractivity contribution is -0.114. The second-order valence-corrected chi connectivity index (χ2v) is 7.46. The molecule has 5 nitrogen and oxygen atoms in total. The number of halogens is 1. The molecular weight excluding hydrogens is 444 g/mol. The summed E-state index contributed by atoms with van der Waals surface area (Å²) < 4.78 is 6.01. The van der Waals surface area contributed by atoms with E-state index in [1.807, 2.05) is 67.6 Å². The van der Waals surface area contributed by atoms with Crippen LogP contribution in [0.2, 0.25) is 0 Å². The van der Waals surface area contributed by atoms with Crippen molar-refractivity contribution in [2.45, 2.75) is 6.92 Å². The summed E-state index contributed by atoms with van der Waals surface area (Å²) >= 11 is 3.36. The molecule has 0 spiro atoms. The van der Waals surface area contributed by atoms with Crippen LogP contribution in [0, 0.1) is 0 Å². The van der Waals surface area contributed by atoms with E-state index < -0.39 is 0 Å². The van der Waals surface area contributed by atoms with Crippen LogP contribution in [-0.2, 0) is 4.79 Å². The number of amides is 1. The van der Waals surface area contributed by atoms with Gasteiger partial charge in [0.05, 0.1) is 22.3 Å². The largest absolute Gasteiger partial charge is 0.503 e. The summed E-state index contributed by atoms with van der Waals surface area (Å²) in [5.41, 5.74) is 3.31. The van der Waals surface area contributed by atoms with E-state index in [0.29, 0.717) is 39.4 Å². The number of aromatic hydroxyl groups is 1. The molecule has 0 saturated heterocycles. The Kier molecular flexibility index (Phi) is 5.68. The van der Waals surface area contributed by atoms with Crippen LogP contribution in [-0.4, -0.2) is 23.3 Å². The minimum Gasteiger partial charge on any atom is -0.503 e. The second-order valence-electron chi connectivity index (χ2n) is 6.61. The number of rotatable bonds is 5. The maximum atomic E-state index is 13.3. The van der Waals surface area contributed by atoms with Crippen molar-refractivity contribution in [2.75, 3.05) is 11.6 Å². The average Bonchev–Trinajstić information content (AvgIpc) is 3.09. The zero-order chi connectivity index (χ0) is 21.1. The minimum absolute atomic E-state index is 0.0274. The Hall–Kier alpha value is -3.38. The second kappa shape index (κ2) is 8.55. The molecule has 0 aliphatic carbocycles. The van der Waals surface area contributed by atoms with Gasteiger partial charge in [0, 0.05) is 5.56 Å². The normalized spacial score (nSPS) is 14.9. The molecule has 1 heterocycles. The zero-order valence-electron chi connectivity index (χ0n) is 16.2. The summed E-state index contributed by atoms with van der Waals surface area (Å²) in [6.45, 7) is 2.26. The quantitative estimate of drug-likeness (QED) is 0.517. The first kappa shape index (κ1) is 19.9. The van der Waals surface area contributed by atoms with E-state index in [2.05, 4.69) is 21.0 Å². The first-order valence-corrected chi connectivity index (χ1v) is 10.3. The highest BCUT2D eigenvalue weighted by molar-refractivity contribution is 9.10. The Balaban J connectivity index is 1.83. The maximum Gasteiger partial charge on any atom is 0.281 e. The first-order valence-electron chi connectivity index (χ1n) is 9.49. The molecule has 0 saturated carbocycles. The third-order valence-corrected chi connectivity index (χ3v) is 5.19. The van der Waals surface area contributed by atoms with Crippen molar-refractivity contribution in [3.8, 4) is 11.5 Å². The SMILES string of the molecule is CCOc1cc(/C=C2\C(=O)N(c3ccccc3)N=C2c2ccccc2)cc(Br)c1O. The van der Waals surface area contributed by atoms with E-state index in [1.165, 1.54) is 5.01 Å². The van der Waals surface area contributed by atoms with Gasteiger partial charge < -0.3 is 9.84 Å². The van der Waals surface area contributed by atoms with E-state index in [1.54, 1.807) is 18.2 Å². The van der Waals surface area contributed by atoms with Crippen molar-refractivity contribution in [3.05, 3.63) is 94.0 Å². The molecule has 3 aromatic rings. The molecule has 1 aliphatic heterocycles. The molecule has 0 bridgehead atoms. The van der Waals surface area contributed by atoms with Crippen LogP contribution in [0.25, 0.3) is 6.08 Å². The number of ether oxygens (including phenoxy) is 1. The lowest BCUT2D eigenvalue weighted by Gasteiger charge is -2.11. The molecule has 1 aliphatic rings. The number of phenolic OH excluding ortho intramolecular Hbond substituents is 1. The summed E-state index contributed by atoms with van der Waals surface area (Å²) in [5.74, 6) is 0.157. The molecular formula is C24H19BrN2O3. The number of hydrazone groups is 1. The van der Waals surface area contributed by atoms with Crippen molar-refractivity contribution >= 4 is 39.3 Å². The molecule has 6 heteroatoms. The van der Waals surface area contributed by atoms with Gasteiger partial charge in [-0.05, 0) is 58.8 Å². The molecule has 30 heavy (non-hydrogen) atoms. The van der Waals surface area contributed by atoms with Crippen LogP contribution >= 0.6 is 15.9 Å². The monoisotopic (exact) mass is 462 g/mol. The summed E-state index contributed by atoms with van der Waals surface area (Å²) in [5, 5.41) is 16.2. The van der Waals surface area contributed by atoms with Gasteiger partial charge in [0.25, 0.3) is 5.91 Å². The van der Waals surface area contributed by atoms with Gasteiger partial charge in [0.2, 0.25) is 0 Å². The van der Waals surface area contributed by atoms with E-state index in [-0.39, 0.29) is 11.7 Å². The van der Waals surface area contributed by atoms with Gasteiger partial charge in [-0.15, -0.1) is 0 Å². The minimum atomic E-state index is -0.220. The smallest absolute Gasteiger partial charge is 0.281 e. The number of carbonyl (C=O) groups excluding carboxylic acids is 1. The molecule has 3 aromatic carbocycles. The van der Waals surface area contributed by atoms with Gasteiger partial charge in [0.1, 0.15) is 5.71 Å². The fraction of sp³-hybridized carbons (Fsp3) is 0.0833. The van der Waals surface area contributed by atoms with Gasteiger partial charge in [-0.25, -0.2) is 0 Å². The van der Waals surface area contributed by atoms with Crippen LogP contribution in [0.4, 0.5) is 5.69 Å². The van der Waals surface area contributed by atoms with Crippen LogP contribution in [0.1, 0.15) is 18.1 Å². The van der Waals surface area contributed by atoms with Gasteiger partial charge in [0.15, 0.2) is 11.5 Å². The van der Waals surface area contributed by atoms with Crippen molar-refractivity contribution in [2.24, 2.45) is 5.10 Å². The predicted molar refractivity (Wildman–Crippen MR) is 122 cm³/mol. The van der Waals surface area contributed by atoms with Gasteiger partial charge in [-0.3, -0.25) is 4.79 Å². The first-order chi connectivity index (χ1) is 14.6. The highest BCUT2D eigenvalue weighted by Crippen LogP contribution is 2.37. The molecule has 0 aromatic heterocycles. The molecule has 0 atom stereocenters. The number of anilines is 1. The summed E-state index contributed by atoms with van der Waals surface area (Å²) in [6, 6.07) is 22.4. The fourth-order valence-corrected chi connectivity index (χ4v) is 3.67. The Morgan fingerprint density at radius 1 is 1.07 bits per heavy atom. The number of phenols is 1. The Bertz CT molecular complexity index is 1140. The number of carbonyl (C=O) groups is 1. The standard InChI is InChI=1S/C24H19BrN2O3/c1-2-30-21-15-16(14-20(25)23(21)28)13-19-22(17-9-5-3-6-10-17)26-27(24(19)29)18-11-7-4-8-12-18/h3-15,28H,2H2,1H3/b19-13-. The van der Waals surface area contributed by atoms with Crippen molar-refractivity contribution in [3.63, 3.8) is 0 Å². The van der Waals surface area contributed by atoms with Crippen LogP contribution < -0.4 is 9.75 Å². The van der Waals surface area contributed by atoms with Crippen LogP contribution in [0.5, 0.6) is 11.5 Å². The molecule has 0 radical (unpaired) electrons. The van der Waals surface area contributed by atoms with E-state index in [4.69, 9.17) is 4.74 Å². The number of hydrogen-bond acceptors (Lipinski definition) is 4. The molecule has 0 unspecified atom stereocenters. The molecule has 150 valence electrons. The lowest BCUT2D eigenvalue weighted by atomic mass is 10.00. The average molecular weight is 463 g/mol. The Labute approximate surface area is 183 Å². The highest BCUT2D eigenvalue weighted by Gasteiger charge is 2.32. The third kappa shape index (κ3) is 3.86. The third-order valence-electron chi connectivity index (χ3n) is 4.59. The van der Waals surface area contributed by atoms with Gasteiger partial charge >= 0.3 is 0 Å². The van der Waals surface area contributed by atoms with Gasteiger partial charge in [-0.1, -0.05) is 48.5 Å². The highest BCUT2D eigenvalue weighted by atomic mass is 79.9. The lowest BCUT2D eigenvalue weighted by Crippen LogP contribution is -2.21. The molecule has 4 rings (SSSR count). The molecule has 0 fully saturated rings. The van der Waals surface area contributed by atoms with E-state index in [9.17, 15) is 9.90 Å². The Morgan fingerprint density at radius 3 is 2.40 bits per heavy atom. The molecule has 1 N–H and O–H groups in total. The Morgan fingerprint density at radius 2 is 1.73 bits per heavy atom. The maximum absolute atomic E-state index is 13.3. The van der Waals surface area contributed by atoms with Gasteiger partial charge in [-0.2, -0.15) is 10.1 Å². The number of nitrogens with zero attached hydrogens (tertiary/aromatic N) is 2.